The Labute approximate surface area is 99.1 Å². The van der Waals surface area contributed by atoms with Crippen molar-refractivity contribution in [2.75, 3.05) is 0 Å². The molecule has 1 saturated carbocycles. The molecule has 1 aliphatic carbocycles. The molecule has 0 unspecified atom stereocenters. The molecule has 0 radical (unpaired) electrons. The van der Waals surface area contributed by atoms with Crippen molar-refractivity contribution in [2.45, 2.75) is 60.4 Å². The summed E-state index contributed by atoms with van der Waals surface area (Å²) in [5.41, 5.74) is 2.90. The molecule has 2 heteroatoms. The zero-order valence-electron chi connectivity index (χ0n) is 11.3. The molecule has 16 heavy (non-hydrogen) atoms. The highest BCUT2D eigenvalue weighted by molar-refractivity contribution is 5.15. The van der Waals surface area contributed by atoms with Gasteiger partial charge in [-0.05, 0) is 38.0 Å². The molecule has 0 saturated heterocycles. The molecule has 1 aliphatic rings. The molecule has 0 spiro atoms. The number of rotatable bonds is 3. The Balaban J connectivity index is 2.24. The van der Waals surface area contributed by atoms with Crippen molar-refractivity contribution >= 4 is 0 Å². The summed E-state index contributed by atoms with van der Waals surface area (Å²) in [6, 6.07) is 0. The Morgan fingerprint density at radius 3 is 2.38 bits per heavy atom. The van der Waals surface area contributed by atoms with Crippen molar-refractivity contribution < 1.29 is 0 Å². The van der Waals surface area contributed by atoms with Gasteiger partial charge in [-0.3, -0.25) is 0 Å². The lowest BCUT2D eigenvalue weighted by atomic mass is 9.92. The second-order valence-corrected chi connectivity index (χ2v) is 6.49. The summed E-state index contributed by atoms with van der Waals surface area (Å²) >= 11 is 0. The van der Waals surface area contributed by atoms with E-state index in [1.54, 1.807) is 0 Å². The summed E-state index contributed by atoms with van der Waals surface area (Å²) in [5, 5.41) is 0. The minimum absolute atomic E-state index is 0.325. The van der Waals surface area contributed by atoms with Gasteiger partial charge in [0.05, 0.1) is 5.69 Å². The van der Waals surface area contributed by atoms with Crippen LogP contribution in [0.4, 0.5) is 0 Å². The highest BCUT2D eigenvalue weighted by Gasteiger charge is 2.25. The van der Waals surface area contributed by atoms with E-state index in [9.17, 15) is 0 Å². The van der Waals surface area contributed by atoms with Crippen LogP contribution in [0.2, 0.25) is 0 Å². The minimum Gasteiger partial charge on any atom is -0.332 e. The highest BCUT2D eigenvalue weighted by atomic mass is 15.1. The third kappa shape index (κ3) is 2.66. The van der Waals surface area contributed by atoms with Gasteiger partial charge in [0.25, 0.3) is 0 Å². The maximum Gasteiger partial charge on any atom is 0.109 e. The fourth-order valence-corrected chi connectivity index (χ4v) is 2.13. The third-order valence-electron chi connectivity index (χ3n) is 3.36. The molecule has 90 valence electrons. The molecule has 0 N–H and O–H groups in total. The number of hydrogen-bond acceptors (Lipinski definition) is 1. The molecular formula is C14H24N2. The number of imidazole rings is 1. The lowest BCUT2D eigenvalue weighted by Crippen LogP contribution is -2.15. The Bertz CT molecular complexity index is 378. The first-order valence-electron chi connectivity index (χ1n) is 6.39. The van der Waals surface area contributed by atoms with Crippen LogP contribution >= 0.6 is 0 Å². The van der Waals surface area contributed by atoms with E-state index >= 15 is 0 Å². The second kappa shape index (κ2) is 3.90. The van der Waals surface area contributed by atoms with E-state index in [0.717, 1.165) is 12.3 Å². The zero-order chi connectivity index (χ0) is 11.9. The molecule has 1 aromatic heterocycles. The Hall–Kier alpha value is -0.790. The number of nitrogens with zero attached hydrogens (tertiary/aromatic N) is 2. The molecule has 2 nitrogen and oxygen atoms in total. The summed E-state index contributed by atoms with van der Waals surface area (Å²) in [7, 11) is 0. The minimum atomic E-state index is 0.325. The fraction of sp³-hybridized carbons (Fsp3) is 0.786. The molecule has 0 aliphatic heterocycles. The van der Waals surface area contributed by atoms with Gasteiger partial charge in [-0.2, -0.15) is 0 Å². The van der Waals surface area contributed by atoms with Crippen LogP contribution in [0.1, 0.15) is 50.8 Å². The predicted octanol–water partition coefficient (Wildman–Crippen LogP) is 3.50. The Kier molecular flexibility index (Phi) is 2.85. The van der Waals surface area contributed by atoms with E-state index in [4.69, 9.17) is 4.98 Å². The van der Waals surface area contributed by atoms with Crippen molar-refractivity contribution in [1.29, 1.82) is 0 Å². The van der Waals surface area contributed by atoms with Gasteiger partial charge in [0.2, 0.25) is 0 Å². The Morgan fingerprint density at radius 2 is 1.88 bits per heavy atom. The summed E-state index contributed by atoms with van der Waals surface area (Å²) in [6.07, 6.45) is 3.89. The molecule has 0 atom stereocenters. The van der Waals surface area contributed by atoms with Gasteiger partial charge in [-0.1, -0.05) is 20.8 Å². The van der Waals surface area contributed by atoms with Crippen molar-refractivity contribution in [3.63, 3.8) is 0 Å². The fourth-order valence-electron chi connectivity index (χ4n) is 2.13. The van der Waals surface area contributed by atoms with Crippen molar-refractivity contribution in [2.24, 2.45) is 11.3 Å². The van der Waals surface area contributed by atoms with Gasteiger partial charge < -0.3 is 4.57 Å². The average Bonchev–Trinajstić information content (AvgIpc) is 2.88. The van der Waals surface area contributed by atoms with Crippen molar-refractivity contribution in [3.8, 4) is 0 Å². The smallest absolute Gasteiger partial charge is 0.109 e. The molecule has 1 fully saturated rings. The second-order valence-electron chi connectivity index (χ2n) is 6.49. The van der Waals surface area contributed by atoms with E-state index in [0.29, 0.717) is 5.41 Å². The maximum absolute atomic E-state index is 4.74. The zero-order valence-corrected chi connectivity index (χ0v) is 11.3. The van der Waals surface area contributed by atoms with Crippen LogP contribution in [0.3, 0.4) is 0 Å². The summed E-state index contributed by atoms with van der Waals surface area (Å²) in [5.74, 6) is 2.21. The van der Waals surface area contributed by atoms with Gasteiger partial charge >= 0.3 is 0 Å². The topological polar surface area (TPSA) is 17.8 Å². The molecule has 1 heterocycles. The van der Waals surface area contributed by atoms with Crippen LogP contribution in [0.15, 0.2) is 0 Å². The van der Waals surface area contributed by atoms with Crippen LogP contribution in [0, 0.1) is 25.2 Å². The van der Waals surface area contributed by atoms with E-state index in [-0.39, 0.29) is 0 Å². The van der Waals surface area contributed by atoms with Crippen molar-refractivity contribution in [1.82, 2.24) is 9.55 Å². The van der Waals surface area contributed by atoms with Gasteiger partial charge in [-0.15, -0.1) is 0 Å². The van der Waals surface area contributed by atoms with Crippen molar-refractivity contribution in [3.05, 3.63) is 17.2 Å². The number of aryl methyl sites for hydroxylation is 1. The molecule has 2 rings (SSSR count). The Morgan fingerprint density at radius 1 is 1.25 bits per heavy atom. The normalized spacial score (nSPS) is 16.8. The summed E-state index contributed by atoms with van der Waals surface area (Å²) in [6.45, 7) is 12.4. The molecule has 1 aromatic rings. The quantitative estimate of drug-likeness (QED) is 0.762. The lowest BCUT2D eigenvalue weighted by Gasteiger charge is -2.19. The highest BCUT2D eigenvalue weighted by Crippen LogP contribution is 2.32. The standard InChI is InChI=1S/C14H24N2/c1-10-11(2)16(9-12-6-7-12)13(15-10)8-14(3,4)5/h12H,6-9H2,1-5H3. The summed E-state index contributed by atoms with van der Waals surface area (Å²) in [4.78, 5) is 4.74. The number of hydrogen-bond donors (Lipinski definition) is 0. The maximum atomic E-state index is 4.74. The first-order valence-corrected chi connectivity index (χ1v) is 6.39. The largest absolute Gasteiger partial charge is 0.332 e. The molecule has 0 bridgehead atoms. The molecule has 0 amide bonds. The lowest BCUT2D eigenvalue weighted by molar-refractivity contribution is 0.388. The molecular weight excluding hydrogens is 196 g/mol. The van der Waals surface area contributed by atoms with E-state index in [1.807, 2.05) is 0 Å². The summed E-state index contributed by atoms with van der Waals surface area (Å²) < 4.78 is 2.46. The van der Waals surface area contributed by atoms with E-state index in [1.165, 1.54) is 36.6 Å². The van der Waals surface area contributed by atoms with Crippen LogP contribution in [-0.2, 0) is 13.0 Å². The SMILES string of the molecule is Cc1nc(CC(C)(C)C)n(CC2CC2)c1C. The third-order valence-corrected chi connectivity index (χ3v) is 3.36. The average molecular weight is 220 g/mol. The first-order chi connectivity index (χ1) is 7.37. The van der Waals surface area contributed by atoms with Gasteiger partial charge in [-0.25, -0.2) is 4.98 Å². The predicted molar refractivity (Wildman–Crippen MR) is 67.6 cm³/mol. The van der Waals surface area contributed by atoms with Crippen LogP contribution < -0.4 is 0 Å². The van der Waals surface area contributed by atoms with E-state index < -0.39 is 0 Å². The van der Waals surface area contributed by atoms with Gasteiger partial charge in [0, 0.05) is 18.7 Å². The number of aromatic nitrogens is 2. The van der Waals surface area contributed by atoms with Crippen LogP contribution in [-0.4, -0.2) is 9.55 Å². The van der Waals surface area contributed by atoms with Crippen LogP contribution in [0.5, 0.6) is 0 Å². The molecule has 0 aromatic carbocycles. The van der Waals surface area contributed by atoms with E-state index in [2.05, 4.69) is 39.2 Å². The van der Waals surface area contributed by atoms with Gasteiger partial charge in [0.15, 0.2) is 0 Å². The van der Waals surface area contributed by atoms with Crippen LogP contribution in [0.25, 0.3) is 0 Å². The van der Waals surface area contributed by atoms with Gasteiger partial charge in [0.1, 0.15) is 5.82 Å². The monoisotopic (exact) mass is 220 g/mol. The first kappa shape index (κ1) is 11.7.